The number of aromatic carboxylic acids is 1. The Kier molecular flexibility index (Phi) is 16.6. The lowest BCUT2D eigenvalue weighted by atomic mass is 10.1. The predicted octanol–water partition coefficient (Wildman–Crippen LogP) is 2.77. The standard InChI is InChI=1S/C28H39N3O8/c1-4-24(32)29-13-7-10-16-37-22-19-21(28(35)36)20-23(38-17-11-8-14-30-25(33)5-2)27(22)39-18-12-9-15-31-26(34)6-3/h4-6,19-20H,1-3,7-18H2,(H,29,32)(H,30,33)(H,31,34)(H,35,36). The van der Waals surface area contributed by atoms with Crippen molar-refractivity contribution >= 4 is 23.7 Å². The highest BCUT2D eigenvalue weighted by Gasteiger charge is 2.19. The maximum Gasteiger partial charge on any atom is 0.335 e. The van der Waals surface area contributed by atoms with Crippen LogP contribution in [0.4, 0.5) is 0 Å². The third-order valence-corrected chi connectivity index (χ3v) is 5.20. The van der Waals surface area contributed by atoms with E-state index in [0.717, 1.165) is 0 Å². The Morgan fingerprint density at radius 3 is 1.33 bits per heavy atom. The molecule has 0 saturated heterocycles. The van der Waals surface area contributed by atoms with Gasteiger partial charge in [0.2, 0.25) is 23.5 Å². The summed E-state index contributed by atoms with van der Waals surface area (Å²) in [7, 11) is 0. The maximum atomic E-state index is 11.8. The number of carbonyl (C=O) groups is 4. The van der Waals surface area contributed by atoms with E-state index in [1.165, 1.54) is 30.4 Å². The molecule has 214 valence electrons. The number of nitrogens with one attached hydrogen (secondary N) is 3. The quantitative estimate of drug-likeness (QED) is 0.128. The van der Waals surface area contributed by atoms with Gasteiger partial charge in [-0.15, -0.1) is 0 Å². The number of unbranched alkanes of at least 4 members (excludes halogenated alkanes) is 3. The predicted molar refractivity (Wildman–Crippen MR) is 147 cm³/mol. The van der Waals surface area contributed by atoms with Crippen molar-refractivity contribution in [2.24, 2.45) is 0 Å². The van der Waals surface area contributed by atoms with Gasteiger partial charge in [0, 0.05) is 19.6 Å². The molecule has 0 aromatic heterocycles. The minimum atomic E-state index is -1.14. The second-order valence-corrected chi connectivity index (χ2v) is 8.26. The van der Waals surface area contributed by atoms with Crippen molar-refractivity contribution in [3.63, 3.8) is 0 Å². The minimum absolute atomic E-state index is 0.0176. The van der Waals surface area contributed by atoms with Gasteiger partial charge >= 0.3 is 5.97 Å². The Morgan fingerprint density at radius 1 is 0.641 bits per heavy atom. The molecule has 39 heavy (non-hydrogen) atoms. The Hall–Kier alpha value is -4.28. The van der Waals surface area contributed by atoms with Gasteiger partial charge in [0.1, 0.15) is 0 Å². The van der Waals surface area contributed by atoms with Gasteiger partial charge in [0.15, 0.2) is 11.5 Å². The van der Waals surface area contributed by atoms with E-state index in [-0.39, 0.29) is 60.4 Å². The molecule has 0 radical (unpaired) electrons. The molecule has 1 rings (SSSR count). The third kappa shape index (κ3) is 14.3. The van der Waals surface area contributed by atoms with Crippen LogP contribution in [0.1, 0.15) is 48.9 Å². The summed E-state index contributed by atoms with van der Waals surface area (Å²) in [5, 5.41) is 17.7. The smallest absolute Gasteiger partial charge is 0.335 e. The molecule has 0 unspecified atom stereocenters. The van der Waals surface area contributed by atoms with Crippen molar-refractivity contribution in [1.29, 1.82) is 0 Å². The van der Waals surface area contributed by atoms with E-state index in [0.29, 0.717) is 58.2 Å². The second-order valence-electron chi connectivity index (χ2n) is 8.26. The Morgan fingerprint density at radius 2 is 1.00 bits per heavy atom. The van der Waals surface area contributed by atoms with Gasteiger partial charge in [-0.05, 0) is 68.9 Å². The first-order valence-corrected chi connectivity index (χ1v) is 12.8. The highest BCUT2D eigenvalue weighted by Crippen LogP contribution is 2.39. The molecule has 0 saturated carbocycles. The maximum absolute atomic E-state index is 11.8. The van der Waals surface area contributed by atoms with Crippen molar-refractivity contribution in [2.45, 2.75) is 38.5 Å². The molecule has 11 heteroatoms. The topological polar surface area (TPSA) is 152 Å². The molecule has 11 nitrogen and oxygen atoms in total. The van der Waals surface area contributed by atoms with E-state index in [2.05, 4.69) is 35.7 Å². The fraction of sp³-hybridized carbons (Fsp3) is 0.429. The molecular weight excluding hydrogens is 506 g/mol. The lowest BCUT2D eigenvalue weighted by molar-refractivity contribution is -0.117. The molecule has 0 aliphatic rings. The van der Waals surface area contributed by atoms with Crippen LogP contribution in [-0.4, -0.2) is 68.3 Å². The molecule has 0 aliphatic carbocycles. The van der Waals surface area contributed by atoms with E-state index >= 15 is 0 Å². The van der Waals surface area contributed by atoms with E-state index in [1.54, 1.807) is 0 Å². The average Bonchev–Trinajstić information content (AvgIpc) is 2.93. The Bertz CT molecular complexity index is 940. The van der Waals surface area contributed by atoms with Gasteiger partial charge in [0.05, 0.1) is 25.4 Å². The van der Waals surface area contributed by atoms with Crippen LogP contribution in [0.5, 0.6) is 17.2 Å². The number of carboxylic acids is 1. The number of hydrogen-bond acceptors (Lipinski definition) is 7. The second kappa shape index (κ2) is 19.8. The monoisotopic (exact) mass is 545 g/mol. The van der Waals surface area contributed by atoms with Gasteiger partial charge in [-0.3, -0.25) is 14.4 Å². The molecule has 1 aromatic carbocycles. The summed E-state index contributed by atoms with van der Waals surface area (Å²) >= 11 is 0. The summed E-state index contributed by atoms with van der Waals surface area (Å²) in [5.74, 6) is -1.15. The van der Waals surface area contributed by atoms with Gasteiger partial charge in [-0.25, -0.2) is 4.79 Å². The zero-order valence-electron chi connectivity index (χ0n) is 22.3. The lowest BCUT2D eigenvalue weighted by Crippen LogP contribution is -2.22. The summed E-state index contributed by atoms with van der Waals surface area (Å²) in [5.41, 5.74) is -0.0176. The van der Waals surface area contributed by atoms with Crippen molar-refractivity contribution in [3.8, 4) is 17.2 Å². The van der Waals surface area contributed by atoms with Crippen LogP contribution in [-0.2, 0) is 14.4 Å². The van der Waals surface area contributed by atoms with Crippen LogP contribution < -0.4 is 30.2 Å². The van der Waals surface area contributed by atoms with Crippen LogP contribution in [0, 0.1) is 0 Å². The SMILES string of the molecule is C=CC(=O)NCCCCOc1cc(C(=O)O)cc(OCCCCNC(=O)C=C)c1OCCCCNC(=O)C=C. The minimum Gasteiger partial charge on any atom is -0.490 e. The van der Waals surface area contributed by atoms with Crippen molar-refractivity contribution in [1.82, 2.24) is 16.0 Å². The number of carbonyl (C=O) groups excluding carboxylic acids is 3. The summed E-state index contributed by atoms with van der Waals surface area (Å²) in [6, 6.07) is 2.78. The fourth-order valence-electron chi connectivity index (χ4n) is 3.13. The highest BCUT2D eigenvalue weighted by molar-refractivity contribution is 5.89. The zero-order chi connectivity index (χ0) is 28.9. The van der Waals surface area contributed by atoms with E-state index in [4.69, 9.17) is 14.2 Å². The first-order chi connectivity index (χ1) is 18.8. The van der Waals surface area contributed by atoms with Crippen LogP contribution in [0.15, 0.2) is 50.1 Å². The first-order valence-electron chi connectivity index (χ1n) is 12.8. The van der Waals surface area contributed by atoms with Gasteiger partial charge in [-0.1, -0.05) is 19.7 Å². The first kappa shape index (κ1) is 32.7. The normalized spacial score (nSPS) is 10.1. The summed E-state index contributed by atoms with van der Waals surface area (Å²) < 4.78 is 17.7. The van der Waals surface area contributed by atoms with E-state index in [9.17, 15) is 24.3 Å². The number of hydrogen-bond donors (Lipinski definition) is 4. The number of carboxylic acid groups (broad SMARTS) is 1. The van der Waals surface area contributed by atoms with E-state index < -0.39 is 5.97 Å². The van der Waals surface area contributed by atoms with Crippen molar-refractivity contribution in [2.75, 3.05) is 39.5 Å². The van der Waals surface area contributed by atoms with Crippen LogP contribution in [0.2, 0.25) is 0 Å². The number of amides is 3. The molecule has 0 spiro atoms. The summed E-state index contributed by atoms with van der Waals surface area (Å²) in [4.78, 5) is 45.6. The molecule has 0 atom stereocenters. The highest BCUT2D eigenvalue weighted by atomic mass is 16.5. The van der Waals surface area contributed by atoms with Crippen molar-refractivity contribution in [3.05, 3.63) is 55.7 Å². The molecule has 0 aliphatic heterocycles. The number of benzene rings is 1. The van der Waals surface area contributed by atoms with Gasteiger partial charge in [0.25, 0.3) is 0 Å². The summed E-state index contributed by atoms with van der Waals surface area (Å²) in [6.45, 7) is 12.4. The Labute approximate surface area is 229 Å². The lowest BCUT2D eigenvalue weighted by Gasteiger charge is -2.18. The largest absolute Gasteiger partial charge is 0.490 e. The molecule has 1 aromatic rings. The number of rotatable bonds is 22. The van der Waals surface area contributed by atoms with Crippen LogP contribution in [0.3, 0.4) is 0 Å². The molecule has 3 amide bonds. The van der Waals surface area contributed by atoms with Crippen LogP contribution in [0.25, 0.3) is 0 Å². The average molecular weight is 546 g/mol. The molecule has 4 N–H and O–H groups in total. The molecular formula is C28H39N3O8. The van der Waals surface area contributed by atoms with Gasteiger partial charge < -0.3 is 35.3 Å². The Balaban J connectivity index is 2.86. The molecule has 0 fully saturated rings. The van der Waals surface area contributed by atoms with Gasteiger partial charge in [-0.2, -0.15) is 0 Å². The van der Waals surface area contributed by atoms with Crippen LogP contribution >= 0.6 is 0 Å². The summed E-state index contributed by atoms with van der Waals surface area (Å²) in [6.07, 6.45) is 7.37. The van der Waals surface area contributed by atoms with E-state index in [1.807, 2.05) is 0 Å². The van der Waals surface area contributed by atoms with Crippen molar-refractivity contribution < 1.29 is 38.5 Å². The third-order valence-electron chi connectivity index (χ3n) is 5.20. The zero-order valence-corrected chi connectivity index (χ0v) is 22.3. The fourth-order valence-corrected chi connectivity index (χ4v) is 3.13. The molecule has 0 heterocycles. The number of ether oxygens (including phenoxy) is 3. The molecule has 0 bridgehead atoms.